The zero-order valence-corrected chi connectivity index (χ0v) is 12.2. The molecule has 21 heavy (non-hydrogen) atoms. The van der Waals surface area contributed by atoms with Crippen LogP contribution in [-0.4, -0.2) is 18.1 Å². The van der Waals surface area contributed by atoms with Gasteiger partial charge >= 0.3 is 0 Å². The second kappa shape index (κ2) is 6.90. The summed E-state index contributed by atoms with van der Waals surface area (Å²) in [5.41, 5.74) is 2.62. The number of hydrogen-bond donors (Lipinski definition) is 2. The van der Waals surface area contributed by atoms with E-state index in [1.807, 2.05) is 48.5 Å². The lowest BCUT2D eigenvalue weighted by Gasteiger charge is -2.13. The fourth-order valence-corrected chi connectivity index (χ4v) is 2.02. The van der Waals surface area contributed by atoms with Gasteiger partial charge in [0.1, 0.15) is 11.9 Å². The third-order valence-corrected chi connectivity index (χ3v) is 3.27. The molecule has 0 heterocycles. The van der Waals surface area contributed by atoms with Crippen molar-refractivity contribution in [1.29, 1.82) is 0 Å². The maximum Gasteiger partial charge on any atom is 0.217 e. The van der Waals surface area contributed by atoms with E-state index in [1.54, 1.807) is 7.11 Å². The fourth-order valence-electron chi connectivity index (χ4n) is 2.02. The Bertz CT molecular complexity index is 590. The molecule has 4 nitrogen and oxygen atoms in total. The van der Waals surface area contributed by atoms with Crippen LogP contribution in [0.15, 0.2) is 48.5 Å². The predicted molar refractivity (Wildman–Crippen MR) is 81.0 cm³/mol. The number of aliphatic hydroxyl groups excluding tert-OH is 1. The van der Waals surface area contributed by atoms with E-state index in [1.165, 1.54) is 6.92 Å². The summed E-state index contributed by atoms with van der Waals surface area (Å²) >= 11 is 0. The van der Waals surface area contributed by atoms with E-state index in [4.69, 9.17) is 4.74 Å². The third-order valence-electron chi connectivity index (χ3n) is 3.27. The van der Waals surface area contributed by atoms with Crippen LogP contribution in [0.5, 0.6) is 5.75 Å². The molecule has 0 aliphatic carbocycles. The molecule has 2 aromatic rings. The molecule has 0 aromatic heterocycles. The maximum atomic E-state index is 10.9. The molecule has 4 heteroatoms. The van der Waals surface area contributed by atoms with Crippen LogP contribution in [0.3, 0.4) is 0 Å². The second-order valence-electron chi connectivity index (χ2n) is 4.83. The highest BCUT2D eigenvalue weighted by molar-refractivity contribution is 5.72. The first-order chi connectivity index (χ1) is 10.1. The van der Waals surface area contributed by atoms with Crippen molar-refractivity contribution in [2.24, 2.45) is 0 Å². The van der Waals surface area contributed by atoms with Crippen LogP contribution in [0.4, 0.5) is 0 Å². The van der Waals surface area contributed by atoms with Crippen LogP contribution in [0.25, 0.3) is 0 Å². The van der Waals surface area contributed by atoms with Gasteiger partial charge < -0.3 is 15.2 Å². The highest BCUT2D eigenvalue weighted by Gasteiger charge is 2.10. The molecule has 0 aliphatic heterocycles. The Balaban J connectivity index is 2.07. The van der Waals surface area contributed by atoms with Gasteiger partial charge in [0.05, 0.1) is 7.11 Å². The predicted octanol–water partition coefficient (Wildman–Crippen LogP) is 2.41. The second-order valence-corrected chi connectivity index (χ2v) is 4.83. The van der Waals surface area contributed by atoms with Crippen molar-refractivity contribution < 1.29 is 14.6 Å². The van der Waals surface area contributed by atoms with E-state index >= 15 is 0 Å². The molecular formula is C17H19NO3. The van der Waals surface area contributed by atoms with Gasteiger partial charge in [0.25, 0.3) is 0 Å². The van der Waals surface area contributed by atoms with Gasteiger partial charge in [-0.2, -0.15) is 0 Å². The van der Waals surface area contributed by atoms with E-state index in [9.17, 15) is 9.90 Å². The van der Waals surface area contributed by atoms with Gasteiger partial charge in [0.15, 0.2) is 0 Å². The van der Waals surface area contributed by atoms with Gasteiger partial charge in [-0.05, 0) is 28.8 Å². The lowest BCUT2D eigenvalue weighted by atomic mass is 10.0. The summed E-state index contributed by atoms with van der Waals surface area (Å²) in [6.45, 7) is 1.98. The number of amides is 1. The number of methoxy groups -OCH3 is 1. The van der Waals surface area contributed by atoms with Crippen LogP contribution in [0.1, 0.15) is 29.7 Å². The molecule has 0 fully saturated rings. The number of nitrogens with one attached hydrogen (secondary N) is 1. The van der Waals surface area contributed by atoms with Crippen molar-refractivity contribution in [3.63, 3.8) is 0 Å². The topological polar surface area (TPSA) is 58.6 Å². The van der Waals surface area contributed by atoms with Crippen LogP contribution >= 0.6 is 0 Å². The van der Waals surface area contributed by atoms with E-state index in [-0.39, 0.29) is 5.91 Å². The Hall–Kier alpha value is -2.33. The molecule has 1 amide bonds. The standard InChI is InChI=1S/C17H19NO3/c1-12(19)18-11-13-3-5-14(6-4-13)17(20)15-7-9-16(21-2)10-8-15/h3-10,17,20H,11H2,1-2H3,(H,18,19). The van der Waals surface area contributed by atoms with Crippen LogP contribution in [0.2, 0.25) is 0 Å². The molecule has 2 aromatic carbocycles. The summed E-state index contributed by atoms with van der Waals surface area (Å²) < 4.78 is 5.10. The average molecular weight is 285 g/mol. The smallest absolute Gasteiger partial charge is 0.217 e. The molecule has 2 N–H and O–H groups in total. The quantitative estimate of drug-likeness (QED) is 0.887. The Labute approximate surface area is 124 Å². The zero-order valence-electron chi connectivity index (χ0n) is 12.2. The number of benzene rings is 2. The summed E-state index contributed by atoms with van der Waals surface area (Å²) in [7, 11) is 1.61. The number of ether oxygens (including phenoxy) is 1. The largest absolute Gasteiger partial charge is 0.497 e. The first kappa shape index (κ1) is 15.1. The van der Waals surface area contributed by atoms with Gasteiger partial charge in [-0.25, -0.2) is 0 Å². The van der Waals surface area contributed by atoms with Crippen LogP contribution in [-0.2, 0) is 11.3 Å². The minimum Gasteiger partial charge on any atom is -0.497 e. The van der Waals surface area contributed by atoms with Crippen molar-refractivity contribution >= 4 is 5.91 Å². The van der Waals surface area contributed by atoms with Crippen molar-refractivity contribution in [2.45, 2.75) is 19.6 Å². The van der Waals surface area contributed by atoms with E-state index in [0.29, 0.717) is 6.54 Å². The summed E-state index contributed by atoms with van der Waals surface area (Å²) in [6.07, 6.45) is -0.675. The Morgan fingerprint density at radius 1 is 1.10 bits per heavy atom. The van der Waals surface area contributed by atoms with E-state index < -0.39 is 6.10 Å². The van der Waals surface area contributed by atoms with Gasteiger partial charge in [0, 0.05) is 13.5 Å². The van der Waals surface area contributed by atoms with Crippen molar-refractivity contribution in [2.75, 3.05) is 7.11 Å². The van der Waals surface area contributed by atoms with Crippen molar-refractivity contribution in [3.05, 3.63) is 65.2 Å². The van der Waals surface area contributed by atoms with Gasteiger partial charge in [-0.15, -0.1) is 0 Å². The number of hydrogen-bond acceptors (Lipinski definition) is 3. The van der Waals surface area contributed by atoms with E-state index in [0.717, 1.165) is 22.4 Å². The first-order valence-electron chi connectivity index (χ1n) is 6.75. The van der Waals surface area contributed by atoms with Crippen LogP contribution < -0.4 is 10.1 Å². The molecule has 0 aliphatic rings. The summed E-state index contributed by atoms with van der Waals surface area (Å²) in [6, 6.07) is 14.9. The normalized spacial score (nSPS) is 11.8. The highest BCUT2D eigenvalue weighted by atomic mass is 16.5. The zero-order chi connectivity index (χ0) is 15.2. The third kappa shape index (κ3) is 4.07. The minimum absolute atomic E-state index is 0.0580. The Morgan fingerprint density at radius 2 is 1.62 bits per heavy atom. The molecular weight excluding hydrogens is 266 g/mol. The number of rotatable bonds is 5. The van der Waals surface area contributed by atoms with Crippen molar-refractivity contribution in [1.82, 2.24) is 5.32 Å². The lowest BCUT2D eigenvalue weighted by Crippen LogP contribution is -2.18. The molecule has 110 valence electrons. The number of carbonyl (C=O) groups excluding carboxylic acids is 1. The molecule has 1 unspecified atom stereocenters. The molecule has 0 spiro atoms. The summed E-state index contributed by atoms with van der Waals surface area (Å²) in [5, 5.41) is 13.1. The SMILES string of the molecule is COc1ccc(C(O)c2ccc(CNC(C)=O)cc2)cc1. The fraction of sp³-hybridized carbons (Fsp3) is 0.235. The summed E-state index contributed by atoms with van der Waals surface area (Å²) in [4.78, 5) is 10.9. The monoisotopic (exact) mass is 285 g/mol. The minimum atomic E-state index is -0.675. The molecule has 0 radical (unpaired) electrons. The van der Waals surface area contributed by atoms with Crippen molar-refractivity contribution in [3.8, 4) is 5.75 Å². The van der Waals surface area contributed by atoms with E-state index in [2.05, 4.69) is 5.32 Å². The number of aliphatic hydroxyl groups is 1. The Morgan fingerprint density at radius 3 is 2.10 bits per heavy atom. The summed E-state index contributed by atoms with van der Waals surface area (Å²) in [5.74, 6) is 0.703. The first-order valence-corrected chi connectivity index (χ1v) is 6.75. The molecule has 0 saturated carbocycles. The lowest BCUT2D eigenvalue weighted by molar-refractivity contribution is -0.119. The van der Waals surface area contributed by atoms with Gasteiger partial charge in [-0.3, -0.25) is 4.79 Å². The maximum absolute atomic E-state index is 10.9. The molecule has 0 saturated heterocycles. The number of carbonyl (C=O) groups is 1. The molecule has 2 rings (SSSR count). The van der Waals surface area contributed by atoms with Crippen LogP contribution in [0, 0.1) is 0 Å². The average Bonchev–Trinajstić information content (AvgIpc) is 2.53. The Kier molecular flexibility index (Phi) is 4.95. The highest BCUT2D eigenvalue weighted by Crippen LogP contribution is 2.24. The van der Waals surface area contributed by atoms with Gasteiger partial charge in [-0.1, -0.05) is 36.4 Å². The van der Waals surface area contributed by atoms with Gasteiger partial charge in [0.2, 0.25) is 5.91 Å². The molecule has 1 atom stereocenters. The molecule has 0 bridgehead atoms.